The van der Waals surface area contributed by atoms with E-state index in [4.69, 9.17) is 16.3 Å². The van der Waals surface area contributed by atoms with E-state index in [-0.39, 0.29) is 11.3 Å². The number of Topliss-reactive ketones (excluding diaryl/α,β-unsaturated/α-hetero) is 1. The van der Waals surface area contributed by atoms with Crippen LogP contribution in [0.2, 0.25) is 5.02 Å². The lowest BCUT2D eigenvalue weighted by atomic mass is 10.2. The van der Waals surface area contributed by atoms with Crippen LogP contribution in [0.25, 0.3) is 16.6 Å². The number of ketones is 1. The third-order valence-corrected chi connectivity index (χ3v) is 5.29. The highest BCUT2D eigenvalue weighted by Gasteiger charge is 2.16. The van der Waals surface area contributed by atoms with E-state index in [0.717, 1.165) is 6.42 Å². The van der Waals surface area contributed by atoms with Crippen LogP contribution in [-0.2, 0) is 4.79 Å². The van der Waals surface area contributed by atoms with Crippen molar-refractivity contribution in [3.8, 4) is 11.4 Å². The molecule has 3 rings (SSSR count). The summed E-state index contributed by atoms with van der Waals surface area (Å²) in [5, 5.41) is 1.55. The van der Waals surface area contributed by atoms with E-state index in [1.54, 1.807) is 42.9 Å². The van der Waals surface area contributed by atoms with E-state index < -0.39 is 0 Å². The second-order valence-corrected chi connectivity index (χ2v) is 7.52. The first-order valence-electron chi connectivity index (χ1n) is 8.49. The number of hydrogen-bond acceptors (Lipinski definition) is 5. The first-order chi connectivity index (χ1) is 13.0. The minimum Gasteiger partial charge on any atom is -0.495 e. The Bertz CT molecular complexity index is 1050. The largest absolute Gasteiger partial charge is 0.495 e. The average molecular weight is 403 g/mol. The Morgan fingerprint density at radius 3 is 2.78 bits per heavy atom. The van der Waals surface area contributed by atoms with Crippen molar-refractivity contribution in [1.82, 2.24) is 9.55 Å². The second-order valence-electron chi connectivity index (χ2n) is 6.02. The summed E-state index contributed by atoms with van der Waals surface area (Å²) in [6.45, 7) is 1.58. The van der Waals surface area contributed by atoms with Crippen molar-refractivity contribution in [2.75, 3.05) is 12.9 Å². The van der Waals surface area contributed by atoms with Crippen LogP contribution in [-0.4, -0.2) is 28.2 Å². The van der Waals surface area contributed by atoms with Crippen LogP contribution in [0.4, 0.5) is 0 Å². The van der Waals surface area contributed by atoms with Gasteiger partial charge < -0.3 is 9.53 Å². The van der Waals surface area contributed by atoms with Crippen molar-refractivity contribution in [1.29, 1.82) is 0 Å². The zero-order chi connectivity index (χ0) is 19.4. The van der Waals surface area contributed by atoms with Crippen LogP contribution in [0.5, 0.6) is 5.75 Å². The maximum atomic E-state index is 13.2. The molecule has 0 amide bonds. The number of fused-ring (bicyclic) bond motifs is 1. The minimum atomic E-state index is -0.185. The summed E-state index contributed by atoms with van der Waals surface area (Å²) in [5.74, 6) is 1.41. The number of halogens is 1. The van der Waals surface area contributed by atoms with Crippen LogP contribution in [0.3, 0.4) is 0 Å². The first-order valence-corrected chi connectivity index (χ1v) is 9.85. The van der Waals surface area contributed by atoms with Gasteiger partial charge in [0.15, 0.2) is 5.16 Å². The standard InChI is InChI=1S/C20H19ClN2O3S/c1-13(24)6-5-11-27-20-22-16-12-14(21)9-10-15(16)19(25)23(20)17-7-3-4-8-18(17)26-2/h3-4,7-10,12H,5-6,11H2,1-2H3. The lowest BCUT2D eigenvalue weighted by molar-refractivity contribution is -0.117. The quantitative estimate of drug-likeness (QED) is 0.330. The zero-order valence-electron chi connectivity index (χ0n) is 15.1. The monoisotopic (exact) mass is 402 g/mol. The van der Waals surface area contributed by atoms with Gasteiger partial charge in [0.1, 0.15) is 11.5 Å². The number of ether oxygens (including phenoxy) is 1. The van der Waals surface area contributed by atoms with E-state index in [9.17, 15) is 9.59 Å². The Balaban J connectivity index is 2.15. The molecular formula is C20H19ClN2O3S. The number of rotatable bonds is 7. The summed E-state index contributed by atoms with van der Waals surface area (Å²) in [6.07, 6.45) is 1.22. The summed E-state index contributed by atoms with van der Waals surface area (Å²) in [4.78, 5) is 29.1. The molecule has 0 bridgehead atoms. The van der Waals surface area contributed by atoms with E-state index in [1.807, 2.05) is 18.2 Å². The molecule has 0 aliphatic heterocycles. The van der Waals surface area contributed by atoms with Crippen molar-refractivity contribution in [3.63, 3.8) is 0 Å². The van der Waals surface area contributed by atoms with Gasteiger partial charge in [0.25, 0.3) is 5.56 Å². The Kier molecular flexibility index (Phi) is 6.19. The van der Waals surface area contributed by atoms with Gasteiger partial charge in [-0.05, 0) is 43.7 Å². The molecule has 0 N–H and O–H groups in total. The fourth-order valence-electron chi connectivity index (χ4n) is 2.75. The maximum absolute atomic E-state index is 13.2. The molecule has 5 nitrogen and oxygen atoms in total. The third-order valence-electron chi connectivity index (χ3n) is 4.03. The molecule has 2 aromatic carbocycles. The molecule has 1 heterocycles. The van der Waals surface area contributed by atoms with Gasteiger partial charge in [-0.1, -0.05) is 35.5 Å². The second kappa shape index (κ2) is 8.59. The summed E-state index contributed by atoms with van der Waals surface area (Å²) in [5.41, 5.74) is 0.992. The van der Waals surface area contributed by atoms with Gasteiger partial charge in [-0.25, -0.2) is 4.98 Å². The van der Waals surface area contributed by atoms with E-state index >= 15 is 0 Å². The molecule has 140 valence electrons. The van der Waals surface area contributed by atoms with E-state index in [1.165, 1.54) is 11.8 Å². The predicted molar refractivity (Wildman–Crippen MR) is 110 cm³/mol. The van der Waals surface area contributed by atoms with Gasteiger partial charge in [-0.15, -0.1) is 0 Å². The number of methoxy groups -OCH3 is 1. The van der Waals surface area contributed by atoms with Crippen LogP contribution in [0, 0.1) is 0 Å². The summed E-state index contributed by atoms with van der Waals surface area (Å²) in [7, 11) is 1.57. The van der Waals surface area contributed by atoms with Crippen LogP contribution >= 0.6 is 23.4 Å². The van der Waals surface area contributed by atoms with E-state index in [0.29, 0.717) is 44.7 Å². The summed E-state index contributed by atoms with van der Waals surface area (Å²) >= 11 is 7.52. The minimum absolute atomic E-state index is 0.149. The van der Waals surface area contributed by atoms with Gasteiger partial charge in [0.05, 0.1) is 23.7 Å². The van der Waals surface area contributed by atoms with Crippen molar-refractivity contribution >= 4 is 40.0 Å². The fourth-order valence-corrected chi connectivity index (χ4v) is 3.86. The average Bonchev–Trinajstić information content (AvgIpc) is 2.65. The number of thioether (sulfide) groups is 1. The van der Waals surface area contributed by atoms with Crippen LogP contribution < -0.4 is 10.3 Å². The summed E-state index contributed by atoms with van der Waals surface area (Å²) in [6, 6.07) is 12.4. The Morgan fingerprint density at radius 1 is 1.26 bits per heavy atom. The van der Waals surface area contributed by atoms with Crippen molar-refractivity contribution in [2.24, 2.45) is 0 Å². The molecule has 0 unspecified atom stereocenters. The lowest BCUT2D eigenvalue weighted by Gasteiger charge is -2.15. The van der Waals surface area contributed by atoms with Crippen LogP contribution in [0.15, 0.2) is 52.4 Å². The number of hydrogen-bond donors (Lipinski definition) is 0. The lowest BCUT2D eigenvalue weighted by Crippen LogP contribution is -2.22. The molecule has 0 saturated heterocycles. The zero-order valence-corrected chi connectivity index (χ0v) is 16.6. The Hall–Kier alpha value is -2.31. The SMILES string of the molecule is COc1ccccc1-n1c(SCCCC(C)=O)nc2cc(Cl)ccc2c1=O. The number of nitrogens with zero attached hydrogens (tertiary/aromatic N) is 2. The number of aromatic nitrogens is 2. The highest BCUT2D eigenvalue weighted by Crippen LogP contribution is 2.28. The van der Waals surface area contributed by atoms with Gasteiger partial charge in [0, 0.05) is 17.2 Å². The molecule has 7 heteroatoms. The topological polar surface area (TPSA) is 61.2 Å². The summed E-state index contributed by atoms with van der Waals surface area (Å²) < 4.78 is 7.00. The molecule has 0 aliphatic carbocycles. The van der Waals surface area contributed by atoms with Gasteiger partial charge >= 0.3 is 0 Å². The molecule has 0 radical (unpaired) electrons. The molecule has 0 atom stereocenters. The first kappa shape index (κ1) is 19.5. The van der Waals surface area contributed by atoms with Crippen molar-refractivity contribution < 1.29 is 9.53 Å². The normalized spacial score (nSPS) is 10.9. The Labute approximate surface area is 166 Å². The number of benzene rings is 2. The van der Waals surface area contributed by atoms with Gasteiger partial charge in [0.2, 0.25) is 0 Å². The molecular weight excluding hydrogens is 384 g/mol. The molecule has 0 spiro atoms. The molecule has 0 fully saturated rings. The van der Waals surface area contributed by atoms with E-state index in [2.05, 4.69) is 4.98 Å². The molecule has 27 heavy (non-hydrogen) atoms. The highest BCUT2D eigenvalue weighted by atomic mass is 35.5. The van der Waals surface area contributed by atoms with Crippen molar-refractivity contribution in [3.05, 3.63) is 57.8 Å². The third kappa shape index (κ3) is 4.34. The Morgan fingerprint density at radius 2 is 2.04 bits per heavy atom. The highest BCUT2D eigenvalue weighted by molar-refractivity contribution is 7.99. The molecule has 0 saturated carbocycles. The predicted octanol–water partition coefficient (Wildman–Crippen LogP) is 4.51. The fraction of sp³-hybridized carbons (Fsp3) is 0.250. The maximum Gasteiger partial charge on any atom is 0.266 e. The molecule has 1 aromatic heterocycles. The van der Waals surface area contributed by atoms with Crippen LogP contribution in [0.1, 0.15) is 19.8 Å². The van der Waals surface area contributed by atoms with Gasteiger partial charge in [-0.3, -0.25) is 9.36 Å². The van der Waals surface area contributed by atoms with Crippen molar-refractivity contribution in [2.45, 2.75) is 24.9 Å². The number of carbonyl (C=O) groups excluding carboxylic acids is 1. The smallest absolute Gasteiger partial charge is 0.266 e. The molecule has 0 aliphatic rings. The number of para-hydroxylation sites is 2. The molecule has 3 aromatic rings. The number of carbonyl (C=O) groups is 1. The van der Waals surface area contributed by atoms with Gasteiger partial charge in [-0.2, -0.15) is 0 Å².